The highest BCUT2D eigenvalue weighted by molar-refractivity contribution is 9.10. The van der Waals surface area contributed by atoms with Crippen LogP contribution in [0.3, 0.4) is 0 Å². The lowest BCUT2D eigenvalue weighted by atomic mass is 10.3. The van der Waals surface area contributed by atoms with E-state index < -0.39 is 0 Å². The maximum absolute atomic E-state index is 4.41. The fourth-order valence-corrected chi connectivity index (χ4v) is 2.06. The highest BCUT2D eigenvalue weighted by Gasteiger charge is 2.10. The Morgan fingerprint density at radius 3 is 2.86 bits per heavy atom. The van der Waals surface area contributed by atoms with E-state index in [0.717, 1.165) is 29.7 Å². The molecule has 0 atom stereocenters. The van der Waals surface area contributed by atoms with Gasteiger partial charge in [-0.15, -0.1) is 6.58 Å². The Morgan fingerprint density at radius 2 is 2.36 bits per heavy atom. The molecule has 0 fully saturated rings. The molecule has 1 aromatic rings. The molecular weight excluding hydrogens is 242 g/mol. The molecule has 0 aliphatic carbocycles. The van der Waals surface area contributed by atoms with E-state index in [1.54, 1.807) is 0 Å². The lowest BCUT2D eigenvalue weighted by Crippen LogP contribution is -2.15. The molecular formula is C10H16BrN3. The van der Waals surface area contributed by atoms with Gasteiger partial charge in [0.05, 0.1) is 15.9 Å². The molecule has 1 heterocycles. The summed E-state index contributed by atoms with van der Waals surface area (Å²) in [6.07, 6.45) is 2.81. The SMILES string of the molecule is C=CCNCc1c(Br)c(CC)nn1C. The Labute approximate surface area is 93.3 Å². The third-order valence-corrected chi connectivity index (χ3v) is 3.00. The normalized spacial score (nSPS) is 10.5. The van der Waals surface area contributed by atoms with Crippen molar-refractivity contribution in [3.63, 3.8) is 0 Å². The molecule has 0 amide bonds. The number of hydrogen-bond donors (Lipinski definition) is 1. The predicted molar refractivity (Wildman–Crippen MR) is 62.2 cm³/mol. The largest absolute Gasteiger partial charge is 0.308 e. The Hall–Kier alpha value is -0.610. The molecule has 78 valence electrons. The van der Waals surface area contributed by atoms with Crippen molar-refractivity contribution in [1.82, 2.24) is 15.1 Å². The van der Waals surface area contributed by atoms with Crippen LogP contribution in [0, 0.1) is 0 Å². The van der Waals surface area contributed by atoms with Gasteiger partial charge in [0.1, 0.15) is 0 Å². The van der Waals surface area contributed by atoms with Crippen LogP contribution >= 0.6 is 15.9 Å². The Bertz CT molecular complexity index is 317. The smallest absolute Gasteiger partial charge is 0.0767 e. The average Bonchev–Trinajstić information content (AvgIpc) is 2.45. The zero-order valence-electron chi connectivity index (χ0n) is 8.68. The van der Waals surface area contributed by atoms with Crippen LogP contribution in [0.5, 0.6) is 0 Å². The van der Waals surface area contributed by atoms with E-state index in [2.05, 4.69) is 39.8 Å². The van der Waals surface area contributed by atoms with Crippen molar-refractivity contribution in [3.8, 4) is 0 Å². The van der Waals surface area contributed by atoms with Gasteiger partial charge in [0.2, 0.25) is 0 Å². The predicted octanol–water partition coefficient (Wildman–Crippen LogP) is 2.02. The van der Waals surface area contributed by atoms with E-state index in [9.17, 15) is 0 Å². The molecule has 0 aliphatic heterocycles. The Kier molecular flexibility index (Phi) is 4.35. The molecule has 14 heavy (non-hydrogen) atoms. The van der Waals surface area contributed by atoms with Gasteiger partial charge < -0.3 is 5.32 Å². The summed E-state index contributed by atoms with van der Waals surface area (Å²) in [4.78, 5) is 0. The van der Waals surface area contributed by atoms with Crippen molar-refractivity contribution < 1.29 is 0 Å². The molecule has 1 aromatic heterocycles. The quantitative estimate of drug-likeness (QED) is 0.646. The van der Waals surface area contributed by atoms with Crippen molar-refractivity contribution in [3.05, 3.63) is 28.5 Å². The van der Waals surface area contributed by atoms with Gasteiger partial charge in [-0.3, -0.25) is 4.68 Å². The van der Waals surface area contributed by atoms with Crippen molar-refractivity contribution >= 4 is 15.9 Å². The summed E-state index contributed by atoms with van der Waals surface area (Å²) in [5.41, 5.74) is 2.30. The van der Waals surface area contributed by atoms with E-state index in [4.69, 9.17) is 0 Å². The fraction of sp³-hybridized carbons (Fsp3) is 0.500. The summed E-state index contributed by atoms with van der Waals surface area (Å²) < 4.78 is 3.04. The fourth-order valence-electron chi connectivity index (χ4n) is 1.30. The van der Waals surface area contributed by atoms with Crippen LogP contribution in [0.2, 0.25) is 0 Å². The maximum Gasteiger partial charge on any atom is 0.0767 e. The number of rotatable bonds is 5. The molecule has 1 rings (SSSR count). The number of aromatic nitrogens is 2. The van der Waals surface area contributed by atoms with Crippen molar-refractivity contribution in [2.24, 2.45) is 7.05 Å². The van der Waals surface area contributed by atoms with Crippen LogP contribution in [0.25, 0.3) is 0 Å². The van der Waals surface area contributed by atoms with Crippen LogP contribution < -0.4 is 5.32 Å². The van der Waals surface area contributed by atoms with Crippen LogP contribution in [-0.2, 0) is 20.0 Å². The number of nitrogens with zero attached hydrogens (tertiary/aromatic N) is 2. The minimum absolute atomic E-state index is 0.816. The topological polar surface area (TPSA) is 29.9 Å². The molecule has 0 unspecified atom stereocenters. The van der Waals surface area contributed by atoms with E-state index in [1.807, 2.05) is 17.8 Å². The molecule has 0 aromatic carbocycles. The molecule has 0 spiro atoms. The molecule has 1 N–H and O–H groups in total. The first kappa shape index (κ1) is 11.5. The first-order valence-electron chi connectivity index (χ1n) is 4.72. The van der Waals surface area contributed by atoms with Crippen LogP contribution in [0.4, 0.5) is 0 Å². The third kappa shape index (κ3) is 2.45. The first-order valence-corrected chi connectivity index (χ1v) is 5.51. The van der Waals surface area contributed by atoms with E-state index in [0.29, 0.717) is 0 Å². The van der Waals surface area contributed by atoms with Crippen molar-refractivity contribution in [2.75, 3.05) is 6.54 Å². The number of nitrogens with one attached hydrogen (secondary N) is 1. The van der Waals surface area contributed by atoms with E-state index in [1.165, 1.54) is 5.69 Å². The molecule has 0 aliphatic rings. The zero-order chi connectivity index (χ0) is 10.6. The van der Waals surface area contributed by atoms with Gasteiger partial charge in [-0.25, -0.2) is 0 Å². The number of halogens is 1. The highest BCUT2D eigenvalue weighted by atomic mass is 79.9. The van der Waals surface area contributed by atoms with Crippen molar-refractivity contribution in [1.29, 1.82) is 0 Å². The maximum atomic E-state index is 4.41. The molecule has 0 saturated heterocycles. The molecule has 0 radical (unpaired) electrons. The lowest BCUT2D eigenvalue weighted by Gasteiger charge is -2.02. The first-order chi connectivity index (χ1) is 6.70. The highest BCUT2D eigenvalue weighted by Crippen LogP contribution is 2.21. The van der Waals surface area contributed by atoms with Gasteiger partial charge in [0, 0.05) is 20.1 Å². The van der Waals surface area contributed by atoms with E-state index in [-0.39, 0.29) is 0 Å². The second kappa shape index (κ2) is 5.32. The van der Waals surface area contributed by atoms with Crippen LogP contribution in [0.15, 0.2) is 17.1 Å². The molecule has 3 nitrogen and oxygen atoms in total. The van der Waals surface area contributed by atoms with Gasteiger partial charge in [0.15, 0.2) is 0 Å². The second-order valence-corrected chi connectivity index (χ2v) is 3.90. The molecule has 0 bridgehead atoms. The summed E-state index contributed by atoms with van der Waals surface area (Å²) in [5, 5.41) is 7.67. The summed E-state index contributed by atoms with van der Waals surface area (Å²) >= 11 is 3.57. The van der Waals surface area contributed by atoms with E-state index >= 15 is 0 Å². The monoisotopic (exact) mass is 257 g/mol. The average molecular weight is 258 g/mol. The standard InChI is InChI=1S/C10H16BrN3/c1-4-6-12-7-9-10(11)8(5-2)13-14(9)3/h4,12H,1,5-7H2,2-3H3. The molecule has 0 saturated carbocycles. The second-order valence-electron chi connectivity index (χ2n) is 3.10. The summed E-state index contributed by atoms with van der Waals surface area (Å²) in [6, 6.07) is 0. The minimum atomic E-state index is 0.816. The van der Waals surface area contributed by atoms with Gasteiger partial charge in [-0.1, -0.05) is 13.0 Å². The van der Waals surface area contributed by atoms with Gasteiger partial charge >= 0.3 is 0 Å². The summed E-state index contributed by atoms with van der Waals surface area (Å²) in [7, 11) is 1.97. The third-order valence-electron chi connectivity index (χ3n) is 2.08. The molecule has 4 heteroatoms. The Morgan fingerprint density at radius 1 is 1.64 bits per heavy atom. The number of aryl methyl sites for hydroxylation is 2. The van der Waals surface area contributed by atoms with Crippen LogP contribution in [0.1, 0.15) is 18.3 Å². The summed E-state index contributed by atoms with van der Waals surface area (Å²) in [5.74, 6) is 0. The van der Waals surface area contributed by atoms with Gasteiger partial charge in [-0.05, 0) is 22.4 Å². The minimum Gasteiger partial charge on any atom is -0.308 e. The summed E-state index contributed by atoms with van der Waals surface area (Å²) in [6.45, 7) is 7.40. The zero-order valence-corrected chi connectivity index (χ0v) is 10.3. The Balaban J connectivity index is 2.74. The van der Waals surface area contributed by atoms with Gasteiger partial charge in [-0.2, -0.15) is 5.10 Å². The van der Waals surface area contributed by atoms with Crippen LogP contribution in [-0.4, -0.2) is 16.3 Å². The number of hydrogen-bond acceptors (Lipinski definition) is 2. The van der Waals surface area contributed by atoms with Crippen molar-refractivity contribution in [2.45, 2.75) is 19.9 Å². The van der Waals surface area contributed by atoms with Gasteiger partial charge in [0.25, 0.3) is 0 Å². The lowest BCUT2D eigenvalue weighted by molar-refractivity contribution is 0.649.